The molecule has 1 fully saturated rings. The maximum absolute atomic E-state index is 13.0. The van der Waals surface area contributed by atoms with Gasteiger partial charge in [0.25, 0.3) is 0 Å². The Morgan fingerprint density at radius 2 is 1.96 bits per heavy atom. The lowest BCUT2D eigenvalue weighted by molar-refractivity contribution is -0.117. The van der Waals surface area contributed by atoms with Gasteiger partial charge in [0.05, 0.1) is 0 Å². The summed E-state index contributed by atoms with van der Waals surface area (Å²) in [6.07, 6.45) is 4.47. The van der Waals surface area contributed by atoms with Crippen LogP contribution in [-0.2, 0) is 23.2 Å². The fourth-order valence-electron chi connectivity index (χ4n) is 4.45. The van der Waals surface area contributed by atoms with Crippen molar-refractivity contribution in [1.29, 1.82) is 0 Å². The molecule has 1 amide bonds. The molecule has 0 radical (unpaired) electrons. The van der Waals surface area contributed by atoms with Crippen molar-refractivity contribution >= 4 is 11.6 Å². The molecule has 0 bridgehead atoms. The topological polar surface area (TPSA) is 41.1 Å². The summed E-state index contributed by atoms with van der Waals surface area (Å²) < 4.78 is 0. The van der Waals surface area contributed by atoms with E-state index in [4.69, 9.17) is 0 Å². The molecular formula is C22H26N2O. The lowest BCUT2D eigenvalue weighted by Gasteiger charge is -2.26. The zero-order valence-corrected chi connectivity index (χ0v) is 14.8. The number of hydrogen-bond donors (Lipinski definition) is 2. The second-order valence-corrected chi connectivity index (χ2v) is 7.35. The van der Waals surface area contributed by atoms with Crippen LogP contribution < -0.4 is 10.6 Å². The van der Waals surface area contributed by atoms with Crippen LogP contribution >= 0.6 is 0 Å². The van der Waals surface area contributed by atoms with Crippen molar-refractivity contribution in [3.05, 3.63) is 65.2 Å². The molecule has 3 heteroatoms. The first-order valence-corrected chi connectivity index (χ1v) is 9.42. The highest BCUT2D eigenvalue weighted by molar-refractivity contribution is 5.96. The molecule has 3 nitrogen and oxygen atoms in total. The number of aryl methyl sites for hydroxylation is 1. The number of para-hydroxylation sites is 1. The molecule has 25 heavy (non-hydrogen) atoms. The molecule has 1 spiro atoms. The molecule has 4 rings (SSSR count). The lowest BCUT2D eigenvalue weighted by atomic mass is 9.78. The van der Waals surface area contributed by atoms with Gasteiger partial charge in [-0.2, -0.15) is 0 Å². The van der Waals surface area contributed by atoms with Crippen molar-refractivity contribution in [3.8, 4) is 0 Å². The zero-order chi connectivity index (χ0) is 17.3. The second kappa shape index (κ2) is 6.64. The normalized spacial score (nSPS) is 24.0. The summed E-state index contributed by atoms with van der Waals surface area (Å²) in [7, 11) is 0. The molecule has 1 saturated carbocycles. The number of anilines is 1. The zero-order valence-electron chi connectivity index (χ0n) is 14.8. The van der Waals surface area contributed by atoms with Crippen LogP contribution in [-0.4, -0.2) is 12.5 Å². The minimum atomic E-state index is 0.0928. The Bertz CT molecular complexity index is 785. The molecule has 2 unspecified atom stereocenters. The van der Waals surface area contributed by atoms with E-state index in [9.17, 15) is 4.79 Å². The Hall–Kier alpha value is -2.13. The van der Waals surface area contributed by atoms with Crippen LogP contribution in [0.3, 0.4) is 0 Å². The van der Waals surface area contributed by atoms with Gasteiger partial charge in [-0.15, -0.1) is 0 Å². The van der Waals surface area contributed by atoms with Gasteiger partial charge < -0.3 is 10.6 Å². The van der Waals surface area contributed by atoms with Crippen molar-refractivity contribution in [1.82, 2.24) is 5.32 Å². The second-order valence-electron chi connectivity index (χ2n) is 7.35. The number of rotatable bonds is 5. The number of fused-ring (bicyclic) bond motifs is 2. The highest BCUT2D eigenvalue weighted by Crippen LogP contribution is 2.60. The molecular weight excluding hydrogens is 308 g/mol. The Kier molecular flexibility index (Phi) is 4.34. The van der Waals surface area contributed by atoms with E-state index in [0.29, 0.717) is 0 Å². The van der Waals surface area contributed by atoms with Crippen molar-refractivity contribution in [2.45, 2.75) is 44.6 Å². The van der Waals surface area contributed by atoms with Crippen molar-refractivity contribution in [2.24, 2.45) is 5.92 Å². The van der Waals surface area contributed by atoms with Gasteiger partial charge in [0.2, 0.25) is 5.91 Å². The monoisotopic (exact) mass is 334 g/mol. The molecule has 2 aliphatic rings. The molecule has 2 aromatic carbocycles. The number of amides is 1. The minimum absolute atomic E-state index is 0.0928. The Balaban J connectivity index is 1.52. The summed E-state index contributed by atoms with van der Waals surface area (Å²) in [5.41, 5.74) is 5.05. The summed E-state index contributed by atoms with van der Waals surface area (Å²) in [4.78, 5) is 13.0. The van der Waals surface area contributed by atoms with Crippen molar-refractivity contribution in [3.63, 3.8) is 0 Å². The third-order valence-electron chi connectivity index (χ3n) is 5.86. The van der Waals surface area contributed by atoms with E-state index in [1.807, 2.05) is 18.2 Å². The van der Waals surface area contributed by atoms with Crippen LogP contribution in [0.2, 0.25) is 0 Å². The van der Waals surface area contributed by atoms with Crippen LogP contribution in [0.5, 0.6) is 0 Å². The molecule has 0 saturated heterocycles. The Morgan fingerprint density at radius 3 is 2.84 bits per heavy atom. The fraction of sp³-hybridized carbons (Fsp3) is 0.409. The first-order valence-electron chi connectivity index (χ1n) is 9.42. The van der Waals surface area contributed by atoms with E-state index < -0.39 is 0 Å². The van der Waals surface area contributed by atoms with Gasteiger partial charge in [-0.05, 0) is 55.0 Å². The Morgan fingerprint density at radius 1 is 1.16 bits per heavy atom. The van der Waals surface area contributed by atoms with Crippen molar-refractivity contribution < 1.29 is 4.79 Å². The molecule has 2 aromatic rings. The number of hydrogen-bond acceptors (Lipinski definition) is 2. The summed E-state index contributed by atoms with van der Waals surface area (Å²) in [5, 5.41) is 6.55. The number of carbonyl (C=O) groups excluding carboxylic acids is 1. The van der Waals surface area contributed by atoms with Gasteiger partial charge in [0, 0.05) is 23.6 Å². The average Bonchev–Trinajstić information content (AvgIpc) is 3.36. The lowest BCUT2D eigenvalue weighted by Crippen LogP contribution is -2.25. The Labute approximate surface area is 149 Å². The van der Waals surface area contributed by atoms with E-state index in [1.165, 1.54) is 17.5 Å². The molecule has 0 aromatic heterocycles. The molecule has 2 N–H and O–H groups in total. The predicted molar refractivity (Wildman–Crippen MR) is 102 cm³/mol. The van der Waals surface area contributed by atoms with Crippen LogP contribution in [0.1, 0.15) is 42.9 Å². The van der Waals surface area contributed by atoms with Crippen LogP contribution in [0.25, 0.3) is 0 Å². The van der Waals surface area contributed by atoms with E-state index >= 15 is 0 Å². The van der Waals surface area contributed by atoms with Gasteiger partial charge in [-0.25, -0.2) is 0 Å². The molecule has 0 heterocycles. The molecule has 0 aliphatic heterocycles. The number of carbonyl (C=O) groups is 1. The van der Waals surface area contributed by atoms with Crippen molar-refractivity contribution in [2.75, 3.05) is 11.9 Å². The van der Waals surface area contributed by atoms with E-state index in [2.05, 4.69) is 47.9 Å². The summed E-state index contributed by atoms with van der Waals surface area (Å²) in [5.74, 6) is 0.293. The SMILES string of the molecule is CCNCc1ccccc1NC(=O)C1CC12CCCc1ccccc12. The van der Waals surface area contributed by atoms with Gasteiger partial charge in [-0.3, -0.25) is 4.79 Å². The maximum Gasteiger partial charge on any atom is 0.228 e. The maximum atomic E-state index is 13.0. The molecule has 2 atom stereocenters. The third-order valence-corrected chi connectivity index (χ3v) is 5.86. The quantitative estimate of drug-likeness (QED) is 0.867. The minimum Gasteiger partial charge on any atom is -0.326 e. The first-order chi connectivity index (χ1) is 12.2. The fourth-order valence-corrected chi connectivity index (χ4v) is 4.45. The standard InChI is InChI=1S/C22H26N2O/c1-2-23-15-17-9-4-6-12-20(17)24-21(25)19-14-22(19)13-7-10-16-8-3-5-11-18(16)22/h3-6,8-9,11-12,19,23H,2,7,10,13-15H2,1H3,(H,24,25). The molecule has 130 valence electrons. The van der Waals surface area contributed by atoms with Gasteiger partial charge in [0.15, 0.2) is 0 Å². The summed E-state index contributed by atoms with van der Waals surface area (Å²) in [6, 6.07) is 16.8. The van der Waals surface area contributed by atoms with E-state index in [-0.39, 0.29) is 17.2 Å². The molecule has 2 aliphatic carbocycles. The van der Waals surface area contributed by atoms with Crippen LogP contribution in [0.15, 0.2) is 48.5 Å². The highest BCUT2D eigenvalue weighted by Gasteiger charge is 2.60. The van der Waals surface area contributed by atoms with Gasteiger partial charge in [0.1, 0.15) is 0 Å². The van der Waals surface area contributed by atoms with Gasteiger partial charge in [-0.1, -0.05) is 49.4 Å². The first kappa shape index (κ1) is 16.3. The van der Waals surface area contributed by atoms with Crippen LogP contribution in [0, 0.1) is 5.92 Å². The summed E-state index contributed by atoms with van der Waals surface area (Å²) >= 11 is 0. The van der Waals surface area contributed by atoms with E-state index in [0.717, 1.165) is 43.6 Å². The number of benzene rings is 2. The average molecular weight is 334 g/mol. The van der Waals surface area contributed by atoms with E-state index in [1.54, 1.807) is 0 Å². The largest absolute Gasteiger partial charge is 0.326 e. The summed E-state index contributed by atoms with van der Waals surface area (Å²) in [6.45, 7) is 3.80. The number of nitrogens with one attached hydrogen (secondary N) is 2. The highest BCUT2D eigenvalue weighted by atomic mass is 16.2. The predicted octanol–water partition coefficient (Wildman–Crippen LogP) is 4.03. The smallest absolute Gasteiger partial charge is 0.228 e. The van der Waals surface area contributed by atoms with Gasteiger partial charge >= 0.3 is 0 Å². The third kappa shape index (κ3) is 2.98. The van der Waals surface area contributed by atoms with Crippen LogP contribution in [0.4, 0.5) is 5.69 Å².